The Morgan fingerprint density at radius 1 is 1.46 bits per heavy atom. The molecule has 0 saturated heterocycles. The van der Waals surface area contributed by atoms with Crippen LogP contribution < -0.4 is 14.7 Å². The molecule has 0 heterocycles. The van der Waals surface area contributed by atoms with E-state index in [0.717, 1.165) is 8.83 Å². The van der Waals surface area contributed by atoms with Crippen LogP contribution in [0.4, 0.5) is 4.39 Å². The summed E-state index contributed by atoms with van der Waals surface area (Å²) in [7, 11) is 0. The van der Waals surface area contributed by atoms with Crippen molar-refractivity contribution < 1.29 is 29.1 Å². The zero-order valence-corrected chi connectivity index (χ0v) is 9.74. The zero-order chi connectivity index (χ0) is 9.84. The van der Waals surface area contributed by atoms with Crippen LogP contribution in [0.1, 0.15) is 5.56 Å². The molecule has 0 amide bonds. The van der Waals surface area contributed by atoms with Gasteiger partial charge in [-0.2, -0.15) is 0 Å². The van der Waals surface area contributed by atoms with Crippen molar-refractivity contribution in [1.82, 2.24) is 0 Å². The fourth-order valence-corrected chi connectivity index (χ4v) is 1.71. The Hall–Kier alpha value is -0.697. The predicted molar refractivity (Wildman–Crippen MR) is 45.5 cm³/mol. The van der Waals surface area contributed by atoms with Gasteiger partial charge in [0, 0.05) is 0 Å². The van der Waals surface area contributed by atoms with E-state index in [4.69, 9.17) is 11.5 Å². The van der Waals surface area contributed by atoms with E-state index in [0.29, 0.717) is 6.54 Å². The number of nitrogens with zero attached hydrogens (tertiary/aromatic N) is 1. The molecule has 0 radical (unpaired) electrons. The molecule has 1 aromatic rings. The zero-order valence-electron chi connectivity index (χ0n) is 6.80. The molecule has 0 spiro atoms. The Morgan fingerprint density at radius 2 is 2.15 bits per heavy atom. The summed E-state index contributed by atoms with van der Waals surface area (Å²) in [5, 5.41) is 0. The van der Waals surface area contributed by atoms with Crippen LogP contribution in [0.2, 0.25) is 0 Å². The predicted octanol–water partition coefficient (Wildman–Crippen LogP) is -0.226. The average Bonchev–Trinajstić information content (AvgIpc) is 2.02. The third-order valence-electron chi connectivity index (χ3n) is 1.45. The molecule has 0 aliphatic rings. The van der Waals surface area contributed by atoms with E-state index in [-0.39, 0.29) is 11.8 Å². The Balaban J connectivity index is 2.84. The Kier molecular flexibility index (Phi) is 3.61. The van der Waals surface area contributed by atoms with Gasteiger partial charge in [-0.15, -0.1) is 0 Å². The summed E-state index contributed by atoms with van der Waals surface area (Å²) in [5.74, 6) is -0.179. The minimum absolute atomic E-state index is 0.0513. The van der Waals surface area contributed by atoms with Crippen LogP contribution >= 0.6 is 0 Å². The standard InChI is InChI=1S/C8H9AtFN3/c9-7-3-6(10)2-1-5(7)4-13-8(11)12/h1-3H,4H2,(H4,11,12,13). The van der Waals surface area contributed by atoms with E-state index in [1.165, 1.54) is 36.9 Å². The third-order valence-corrected chi connectivity index (χ3v) is 2.81. The summed E-state index contributed by atoms with van der Waals surface area (Å²) in [4.78, 5) is 3.84. The van der Waals surface area contributed by atoms with Crippen molar-refractivity contribution in [1.29, 1.82) is 0 Å². The van der Waals surface area contributed by atoms with Gasteiger partial charge in [0.1, 0.15) is 0 Å². The first-order valence-corrected chi connectivity index (χ1v) is 5.06. The van der Waals surface area contributed by atoms with Crippen LogP contribution in [0.25, 0.3) is 0 Å². The SMILES string of the molecule is NC(N)=NCc1ccc(F)cc1[At]. The quantitative estimate of drug-likeness (QED) is 0.554. The van der Waals surface area contributed by atoms with Gasteiger partial charge in [0.15, 0.2) is 0 Å². The van der Waals surface area contributed by atoms with Crippen molar-refractivity contribution >= 4 is 9.23 Å². The number of aliphatic imine (C=N–C) groups is 1. The summed E-state index contributed by atoms with van der Waals surface area (Å²) < 4.78 is 13.6. The van der Waals surface area contributed by atoms with Gasteiger partial charge in [0.25, 0.3) is 0 Å². The van der Waals surface area contributed by atoms with Crippen molar-refractivity contribution in [2.45, 2.75) is 6.54 Å². The second-order valence-corrected chi connectivity index (χ2v) is 4.06. The van der Waals surface area contributed by atoms with Gasteiger partial charge in [0.2, 0.25) is 0 Å². The van der Waals surface area contributed by atoms with Gasteiger partial charge >= 0.3 is 90.9 Å². The number of nitrogens with two attached hydrogens (primary N) is 2. The van der Waals surface area contributed by atoms with Gasteiger partial charge in [-0.25, -0.2) is 0 Å². The molecule has 3 nitrogen and oxygen atoms in total. The molecule has 4 N–H and O–H groups in total. The van der Waals surface area contributed by atoms with Crippen LogP contribution in [0.15, 0.2) is 23.2 Å². The first-order valence-electron chi connectivity index (χ1n) is 3.59. The van der Waals surface area contributed by atoms with Crippen molar-refractivity contribution in [3.8, 4) is 0 Å². The molecule has 0 aliphatic heterocycles. The van der Waals surface area contributed by atoms with E-state index in [2.05, 4.69) is 4.99 Å². The molecule has 0 atom stereocenters. The Bertz CT molecular complexity index is 334. The number of rotatable bonds is 2. The summed E-state index contributed by atoms with van der Waals surface area (Å²) >= 11 is 1.41. The van der Waals surface area contributed by atoms with E-state index in [1.54, 1.807) is 6.07 Å². The van der Waals surface area contributed by atoms with Gasteiger partial charge in [0.05, 0.1) is 0 Å². The molecule has 1 aromatic carbocycles. The van der Waals surface area contributed by atoms with Crippen molar-refractivity contribution in [2.24, 2.45) is 16.5 Å². The average molecular weight is 376 g/mol. The number of benzene rings is 1. The molecule has 0 fully saturated rings. The number of hydrogen-bond donors (Lipinski definition) is 2. The maximum atomic E-state index is 12.7. The first-order chi connectivity index (χ1) is 6.09. The Morgan fingerprint density at radius 3 is 2.69 bits per heavy atom. The van der Waals surface area contributed by atoms with Gasteiger partial charge in [-0.05, 0) is 0 Å². The summed E-state index contributed by atoms with van der Waals surface area (Å²) in [5.41, 5.74) is 11.3. The molecule has 0 bridgehead atoms. The molecular formula is C8H9AtFN3. The fraction of sp³-hybridized carbons (Fsp3) is 0.125. The molecule has 70 valence electrons. The van der Waals surface area contributed by atoms with Crippen molar-refractivity contribution in [2.75, 3.05) is 0 Å². The first kappa shape index (κ1) is 10.4. The third kappa shape index (κ3) is 3.27. The summed E-state index contributed by atoms with van der Waals surface area (Å²) in [6.45, 7) is 0.411. The molecule has 0 aromatic heterocycles. The molecular weight excluding hydrogens is 367 g/mol. The minimum atomic E-state index is -0.231. The molecule has 13 heavy (non-hydrogen) atoms. The van der Waals surface area contributed by atoms with E-state index in [9.17, 15) is 4.39 Å². The summed E-state index contributed by atoms with van der Waals surface area (Å²) in [6.07, 6.45) is 0. The Labute approximate surface area is 90.9 Å². The number of guanidine groups is 1. The fourth-order valence-electron chi connectivity index (χ4n) is 0.826. The second kappa shape index (κ2) is 4.51. The number of halogens is 1. The van der Waals surface area contributed by atoms with E-state index in [1.807, 2.05) is 0 Å². The molecule has 0 unspecified atom stereocenters. The maximum absolute atomic E-state index is 12.7. The summed E-state index contributed by atoms with van der Waals surface area (Å²) in [6, 6.07) is 4.57. The van der Waals surface area contributed by atoms with Crippen LogP contribution in [-0.4, -0.2) is 5.96 Å². The normalized spacial score (nSPS) is 9.69. The molecule has 0 saturated carbocycles. The van der Waals surface area contributed by atoms with E-state index >= 15 is 0 Å². The topological polar surface area (TPSA) is 64.4 Å². The van der Waals surface area contributed by atoms with Crippen molar-refractivity contribution in [3.05, 3.63) is 29.6 Å². The van der Waals surface area contributed by atoms with Gasteiger partial charge < -0.3 is 0 Å². The van der Waals surface area contributed by atoms with Crippen LogP contribution in [-0.2, 0) is 6.54 Å². The monoisotopic (exact) mass is 376 g/mol. The van der Waals surface area contributed by atoms with Crippen LogP contribution in [0.3, 0.4) is 0 Å². The molecule has 5 heteroatoms. The number of hydrogen-bond acceptors (Lipinski definition) is 1. The second-order valence-electron chi connectivity index (χ2n) is 2.48. The van der Waals surface area contributed by atoms with Crippen LogP contribution in [0, 0.1) is 30.5 Å². The molecule has 1 rings (SSSR count). The van der Waals surface area contributed by atoms with Crippen molar-refractivity contribution in [3.63, 3.8) is 0 Å². The van der Waals surface area contributed by atoms with E-state index < -0.39 is 0 Å². The molecule has 0 aliphatic carbocycles. The van der Waals surface area contributed by atoms with Gasteiger partial charge in [-0.3, -0.25) is 0 Å². The van der Waals surface area contributed by atoms with Gasteiger partial charge in [-0.1, -0.05) is 0 Å². The van der Waals surface area contributed by atoms with Crippen LogP contribution in [0.5, 0.6) is 0 Å².